The number of halogens is 3. The Balaban J connectivity index is 1.60. The fraction of sp³-hybridized carbons (Fsp3) is 0.125. The first kappa shape index (κ1) is 22.2. The van der Waals surface area contributed by atoms with E-state index in [1.165, 1.54) is 31.5 Å². The standard InChI is InChI=1S/C24H18F3N3O3/c1-14-5-6-16(10-21(14)24(25,26)27)30-23(32)20-4-2-3-15-9-18(7-8-19(15)20)33-22-11-17(12-31)28-13-29-22/h2-11,13,31H,12H2,1H3,(H,30,32). The van der Waals surface area contributed by atoms with Gasteiger partial charge in [0.05, 0.1) is 17.9 Å². The summed E-state index contributed by atoms with van der Waals surface area (Å²) in [4.78, 5) is 20.7. The number of alkyl halides is 3. The van der Waals surface area contributed by atoms with Gasteiger partial charge in [0, 0.05) is 17.3 Å². The van der Waals surface area contributed by atoms with Gasteiger partial charge >= 0.3 is 6.18 Å². The highest BCUT2D eigenvalue weighted by atomic mass is 19.4. The number of ether oxygens (including phenoxy) is 1. The molecule has 4 rings (SSSR count). The second-order valence-electron chi connectivity index (χ2n) is 7.28. The van der Waals surface area contributed by atoms with Crippen LogP contribution in [0.3, 0.4) is 0 Å². The molecule has 0 radical (unpaired) electrons. The Morgan fingerprint density at radius 2 is 1.88 bits per heavy atom. The first-order valence-electron chi connectivity index (χ1n) is 9.86. The van der Waals surface area contributed by atoms with Gasteiger partial charge in [0.15, 0.2) is 0 Å². The average molecular weight is 453 g/mol. The fourth-order valence-electron chi connectivity index (χ4n) is 3.37. The molecule has 3 aromatic carbocycles. The van der Waals surface area contributed by atoms with Crippen LogP contribution in [0.15, 0.2) is 67.0 Å². The molecule has 0 aliphatic carbocycles. The highest BCUT2D eigenvalue weighted by Crippen LogP contribution is 2.34. The van der Waals surface area contributed by atoms with E-state index >= 15 is 0 Å². The number of anilines is 1. The number of carbonyl (C=O) groups is 1. The number of hydrogen-bond donors (Lipinski definition) is 2. The normalized spacial score (nSPS) is 11.4. The third kappa shape index (κ3) is 4.93. The van der Waals surface area contributed by atoms with Gasteiger partial charge in [0.1, 0.15) is 12.1 Å². The lowest BCUT2D eigenvalue weighted by Crippen LogP contribution is -2.14. The van der Waals surface area contributed by atoms with Crippen LogP contribution in [-0.4, -0.2) is 21.0 Å². The number of aromatic nitrogens is 2. The van der Waals surface area contributed by atoms with Crippen molar-refractivity contribution in [2.24, 2.45) is 0 Å². The minimum Gasteiger partial charge on any atom is -0.439 e. The summed E-state index contributed by atoms with van der Waals surface area (Å²) in [5.41, 5.74) is 0.0442. The van der Waals surface area contributed by atoms with Crippen molar-refractivity contribution in [1.82, 2.24) is 9.97 Å². The summed E-state index contributed by atoms with van der Waals surface area (Å²) >= 11 is 0. The second-order valence-corrected chi connectivity index (χ2v) is 7.28. The molecule has 0 saturated heterocycles. The van der Waals surface area contributed by atoms with E-state index in [-0.39, 0.29) is 23.7 Å². The van der Waals surface area contributed by atoms with Crippen LogP contribution in [-0.2, 0) is 12.8 Å². The molecule has 6 nitrogen and oxygen atoms in total. The molecule has 0 fully saturated rings. The molecule has 9 heteroatoms. The van der Waals surface area contributed by atoms with Crippen LogP contribution in [0.25, 0.3) is 10.8 Å². The number of fused-ring (bicyclic) bond motifs is 1. The molecule has 0 aliphatic heterocycles. The van der Waals surface area contributed by atoms with E-state index < -0.39 is 17.6 Å². The molecular weight excluding hydrogens is 435 g/mol. The summed E-state index contributed by atoms with van der Waals surface area (Å²) in [5, 5.41) is 13.0. The number of hydrogen-bond acceptors (Lipinski definition) is 5. The van der Waals surface area contributed by atoms with Crippen LogP contribution in [0.4, 0.5) is 18.9 Å². The predicted molar refractivity (Wildman–Crippen MR) is 116 cm³/mol. The first-order valence-corrected chi connectivity index (χ1v) is 9.86. The van der Waals surface area contributed by atoms with Crippen molar-refractivity contribution < 1.29 is 27.8 Å². The highest BCUT2D eigenvalue weighted by molar-refractivity contribution is 6.13. The SMILES string of the molecule is Cc1ccc(NC(=O)c2cccc3cc(Oc4cc(CO)ncn4)ccc23)cc1C(F)(F)F. The number of rotatable bonds is 5. The number of amides is 1. The topological polar surface area (TPSA) is 84.3 Å². The van der Waals surface area contributed by atoms with E-state index in [0.29, 0.717) is 27.8 Å². The van der Waals surface area contributed by atoms with E-state index in [9.17, 15) is 23.1 Å². The average Bonchev–Trinajstić information content (AvgIpc) is 2.79. The van der Waals surface area contributed by atoms with Gasteiger partial charge in [0.2, 0.25) is 5.88 Å². The lowest BCUT2D eigenvalue weighted by molar-refractivity contribution is -0.138. The Bertz CT molecular complexity index is 1340. The number of nitrogens with zero attached hydrogens (tertiary/aromatic N) is 2. The molecule has 0 spiro atoms. The van der Waals surface area contributed by atoms with Gasteiger partial charge in [-0.1, -0.05) is 18.2 Å². The van der Waals surface area contributed by atoms with Crippen molar-refractivity contribution in [2.45, 2.75) is 19.7 Å². The number of carbonyl (C=O) groups excluding carboxylic acids is 1. The van der Waals surface area contributed by atoms with Gasteiger partial charge < -0.3 is 15.2 Å². The molecule has 0 saturated carbocycles. The summed E-state index contributed by atoms with van der Waals surface area (Å²) in [6.45, 7) is 1.12. The quantitative estimate of drug-likeness (QED) is 0.417. The molecule has 0 atom stereocenters. The molecule has 4 aromatic rings. The zero-order chi connectivity index (χ0) is 23.6. The summed E-state index contributed by atoms with van der Waals surface area (Å²) < 4.78 is 45.3. The number of nitrogens with one attached hydrogen (secondary N) is 1. The van der Waals surface area contributed by atoms with Gasteiger partial charge in [-0.05, 0) is 59.7 Å². The predicted octanol–water partition coefficient (Wildman–Crippen LogP) is 5.49. The van der Waals surface area contributed by atoms with Crippen LogP contribution in [0.1, 0.15) is 27.2 Å². The molecule has 0 bridgehead atoms. The van der Waals surface area contributed by atoms with Crippen molar-refractivity contribution in [2.75, 3.05) is 5.32 Å². The maximum atomic E-state index is 13.2. The number of aliphatic hydroxyl groups is 1. The Kier molecular flexibility index (Phi) is 5.97. The van der Waals surface area contributed by atoms with Gasteiger partial charge in [-0.2, -0.15) is 13.2 Å². The van der Waals surface area contributed by atoms with Crippen molar-refractivity contribution in [1.29, 1.82) is 0 Å². The van der Waals surface area contributed by atoms with E-state index in [0.717, 1.165) is 6.07 Å². The van der Waals surface area contributed by atoms with E-state index in [1.54, 1.807) is 36.4 Å². The van der Waals surface area contributed by atoms with Crippen LogP contribution in [0.2, 0.25) is 0 Å². The lowest BCUT2D eigenvalue weighted by Gasteiger charge is -2.13. The molecule has 168 valence electrons. The second kappa shape index (κ2) is 8.87. The molecule has 0 unspecified atom stereocenters. The molecule has 1 aromatic heterocycles. The van der Waals surface area contributed by atoms with Crippen LogP contribution < -0.4 is 10.1 Å². The van der Waals surface area contributed by atoms with Gasteiger partial charge in [-0.15, -0.1) is 0 Å². The van der Waals surface area contributed by atoms with Crippen LogP contribution >= 0.6 is 0 Å². The fourth-order valence-corrected chi connectivity index (χ4v) is 3.37. The zero-order valence-electron chi connectivity index (χ0n) is 17.3. The van der Waals surface area contributed by atoms with Crippen LogP contribution in [0, 0.1) is 6.92 Å². The summed E-state index contributed by atoms with van der Waals surface area (Å²) in [7, 11) is 0. The highest BCUT2D eigenvalue weighted by Gasteiger charge is 2.32. The van der Waals surface area contributed by atoms with Crippen molar-refractivity contribution in [3.8, 4) is 11.6 Å². The van der Waals surface area contributed by atoms with E-state index in [4.69, 9.17) is 4.74 Å². The van der Waals surface area contributed by atoms with Crippen LogP contribution in [0.5, 0.6) is 11.6 Å². The first-order chi connectivity index (χ1) is 15.7. The summed E-state index contributed by atoms with van der Waals surface area (Å²) in [6, 6.07) is 15.3. The molecular formula is C24H18F3N3O3. The summed E-state index contributed by atoms with van der Waals surface area (Å²) in [5.74, 6) is 0.174. The number of benzene rings is 3. The zero-order valence-corrected chi connectivity index (χ0v) is 17.3. The Labute approximate surface area is 186 Å². The third-order valence-electron chi connectivity index (χ3n) is 4.98. The monoisotopic (exact) mass is 453 g/mol. The largest absolute Gasteiger partial charge is 0.439 e. The Morgan fingerprint density at radius 1 is 1.06 bits per heavy atom. The van der Waals surface area contributed by atoms with Crippen molar-refractivity contribution >= 4 is 22.4 Å². The van der Waals surface area contributed by atoms with Gasteiger partial charge in [0.25, 0.3) is 5.91 Å². The molecule has 33 heavy (non-hydrogen) atoms. The molecule has 1 heterocycles. The van der Waals surface area contributed by atoms with E-state index in [2.05, 4.69) is 15.3 Å². The number of aryl methyl sites for hydroxylation is 1. The Hall–Kier alpha value is -3.98. The van der Waals surface area contributed by atoms with Gasteiger partial charge in [-0.3, -0.25) is 4.79 Å². The van der Waals surface area contributed by atoms with Crippen molar-refractivity contribution in [3.05, 3.63) is 89.4 Å². The maximum Gasteiger partial charge on any atom is 0.416 e. The minimum absolute atomic E-state index is 0.0540. The molecule has 0 aliphatic rings. The number of aliphatic hydroxyl groups excluding tert-OH is 1. The maximum absolute atomic E-state index is 13.2. The third-order valence-corrected chi connectivity index (χ3v) is 4.98. The summed E-state index contributed by atoms with van der Waals surface area (Å²) in [6.07, 6.45) is -3.23. The smallest absolute Gasteiger partial charge is 0.416 e. The minimum atomic E-state index is -4.51. The lowest BCUT2D eigenvalue weighted by atomic mass is 10.0. The Morgan fingerprint density at radius 3 is 2.64 bits per heavy atom. The van der Waals surface area contributed by atoms with E-state index in [1.807, 2.05) is 0 Å². The molecule has 1 amide bonds. The van der Waals surface area contributed by atoms with Crippen molar-refractivity contribution in [3.63, 3.8) is 0 Å². The van der Waals surface area contributed by atoms with Gasteiger partial charge in [-0.25, -0.2) is 9.97 Å². The molecule has 2 N–H and O–H groups in total.